The first kappa shape index (κ1) is 22.4. The highest BCUT2D eigenvalue weighted by Crippen LogP contribution is 2.39. The largest absolute Gasteiger partial charge is 0.346 e. The molecule has 3 aromatic carbocycles. The van der Waals surface area contributed by atoms with Crippen molar-refractivity contribution in [3.8, 4) is 0 Å². The first-order valence-corrected chi connectivity index (χ1v) is 11.6. The molecular formula is C25H22ClFN2O2S. The van der Waals surface area contributed by atoms with Crippen LogP contribution in [0.1, 0.15) is 45.4 Å². The lowest BCUT2D eigenvalue weighted by molar-refractivity contribution is -0.128. The summed E-state index contributed by atoms with van der Waals surface area (Å²) in [4.78, 5) is 27.0. The predicted octanol–water partition coefficient (Wildman–Crippen LogP) is 5.74. The molecule has 164 valence electrons. The summed E-state index contributed by atoms with van der Waals surface area (Å²) in [6.07, 6.45) is 0. The van der Waals surface area contributed by atoms with Crippen molar-refractivity contribution in [2.24, 2.45) is 0 Å². The van der Waals surface area contributed by atoms with Crippen LogP contribution in [0.5, 0.6) is 0 Å². The second-order valence-electron chi connectivity index (χ2n) is 7.68. The Morgan fingerprint density at radius 3 is 2.41 bits per heavy atom. The van der Waals surface area contributed by atoms with E-state index in [0.29, 0.717) is 22.9 Å². The minimum absolute atomic E-state index is 0.0879. The minimum Gasteiger partial charge on any atom is -0.346 e. The Bertz CT molecular complexity index is 1100. The summed E-state index contributed by atoms with van der Waals surface area (Å²) in [6.45, 7) is 2.36. The van der Waals surface area contributed by atoms with Crippen LogP contribution in [0, 0.1) is 5.82 Å². The lowest BCUT2D eigenvalue weighted by Gasteiger charge is -2.24. The Labute approximate surface area is 195 Å². The molecule has 0 aliphatic carbocycles. The number of rotatable bonds is 6. The molecule has 1 N–H and O–H groups in total. The highest BCUT2D eigenvalue weighted by atomic mass is 35.5. The third-order valence-corrected chi connectivity index (χ3v) is 6.92. The summed E-state index contributed by atoms with van der Waals surface area (Å²) in [6, 6.07) is 20.6. The first-order valence-electron chi connectivity index (χ1n) is 10.2. The van der Waals surface area contributed by atoms with E-state index < -0.39 is 0 Å². The molecule has 1 fully saturated rings. The molecule has 1 heterocycles. The van der Waals surface area contributed by atoms with Crippen LogP contribution in [-0.2, 0) is 11.3 Å². The van der Waals surface area contributed by atoms with Gasteiger partial charge in [0.15, 0.2) is 0 Å². The lowest BCUT2D eigenvalue weighted by atomic mass is 10.1. The number of halogens is 2. The van der Waals surface area contributed by atoms with Gasteiger partial charge in [0, 0.05) is 17.1 Å². The molecule has 1 aliphatic heterocycles. The van der Waals surface area contributed by atoms with Gasteiger partial charge in [-0.3, -0.25) is 9.59 Å². The van der Waals surface area contributed by atoms with Gasteiger partial charge in [0.05, 0.1) is 11.8 Å². The number of nitrogens with one attached hydrogen (secondary N) is 1. The maximum absolute atomic E-state index is 13.1. The van der Waals surface area contributed by atoms with Gasteiger partial charge in [-0.25, -0.2) is 4.39 Å². The average molecular weight is 469 g/mol. The van der Waals surface area contributed by atoms with E-state index in [1.165, 1.54) is 12.1 Å². The van der Waals surface area contributed by atoms with Crippen LogP contribution in [0.3, 0.4) is 0 Å². The second kappa shape index (κ2) is 9.76. The van der Waals surface area contributed by atoms with Crippen molar-refractivity contribution >= 4 is 35.2 Å². The van der Waals surface area contributed by atoms with E-state index in [0.717, 1.165) is 16.7 Å². The Morgan fingerprint density at radius 1 is 1.09 bits per heavy atom. The summed E-state index contributed by atoms with van der Waals surface area (Å²) in [7, 11) is 0. The van der Waals surface area contributed by atoms with Gasteiger partial charge in [-0.2, -0.15) is 0 Å². The van der Waals surface area contributed by atoms with E-state index in [9.17, 15) is 14.0 Å². The van der Waals surface area contributed by atoms with Crippen LogP contribution >= 0.6 is 23.4 Å². The Hall–Kier alpha value is -2.83. The second-order valence-corrected chi connectivity index (χ2v) is 9.19. The third kappa shape index (κ3) is 5.14. The number of thioether (sulfide) groups is 1. The topological polar surface area (TPSA) is 49.4 Å². The van der Waals surface area contributed by atoms with Gasteiger partial charge < -0.3 is 10.2 Å². The van der Waals surface area contributed by atoms with E-state index in [2.05, 4.69) is 5.32 Å². The van der Waals surface area contributed by atoms with E-state index in [1.54, 1.807) is 36.0 Å². The quantitative estimate of drug-likeness (QED) is 0.501. The number of carbonyl (C=O) groups is 2. The van der Waals surface area contributed by atoms with E-state index in [4.69, 9.17) is 11.6 Å². The Kier molecular flexibility index (Phi) is 6.82. The molecule has 3 aromatic rings. The molecule has 32 heavy (non-hydrogen) atoms. The molecular weight excluding hydrogens is 447 g/mol. The summed E-state index contributed by atoms with van der Waals surface area (Å²) in [5.74, 6) is -0.00181. The van der Waals surface area contributed by atoms with Crippen LogP contribution in [-0.4, -0.2) is 22.5 Å². The third-order valence-electron chi connectivity index (χ3n) is 5.41. The van der Waals surface area contributed by atoms with Crippen LogP contribution in [0.15, 0.2) is 72.8 Å². The molecule has 1 saturated heterocycles. The normalized spacial score (nSPS) is 16.8. The molecule has 2 amide bonds. The maximum atomic E-state index is 13.1. The van der Waals surface area contributed by atoms with Gasteiger partial charge in [-0.05, 0) is 60.0 Å². The first-order chi connectivity index (χ1) is 15.4. The fraction of sp³-hybridized carbons (Fsp3) is 0.200. The Balaban J connectivity index is 1.43. The van der Waals surface area contributed by atoms with E-state index in [-0.39, 0.29) is 29.0 Å². The molecule has 7 heteroatoms. The van der Waals surface area contributed by atoms with Crippen molar-refractivity contribution in [1.29, 1.82) is 0 Å². The molecule has 2 atom stereocenters. The van der Waals surface area contributed by atoms with Gasteiger partial charge in [0.2, 0.25) is 5.91 Å². The van der Waals surface area contributed by atoms with Crippen LogP contribution in [0.2, 0.25) is 5.02 Å². The Morgan fingerprint density at radius 2 is 1.75 bits per heavy atom. The maximum Gasteiger partial charge on any atom is 0.251 e. The molecule has 0 spiro atoms. The van der Waals surface area contributed by atoms with Gasteiger partial charge >= 0.3 is 0 Å². The number of hydrogen-bond donors (Lipinski definition) is 1. The fourth-order valence-corrected chi connectivity index (χ4v) is 4.92. The molecule has 0 bridgehead atoms. The highest BCUT2D eigenvalue weighted by molar-refractivity contribution is 8.00. The average Bonchev–Trinajstić information content (AvgIpc) is 3.16. The predicted molar refractivity (Wildman–Crippen MR) is 126 cm³/mol. The van der Waals surface area contributed by atoms with Gasteiger partial charge in [-0.15, -0.1) is 11.8 Å². The number of benzene rings is 3. The van der Waals surface area contributed by atoms with Gasteiger partial charge in [0.25, 0.3) is 5.91 Å². The monoisotopic (exact) mass is 468 g/mol. The van der Waals surface area contributed by atoms with Crippen LogP contribution in [0.25, 0.3) is 0 Å². The zero-order valence-corrected chi connectivity index (χ0v) is 19.0. The molecule has 1 aliphatic rings. The molecule has 0 radical (unpaired) electrons. The molecule has 4 nitrogen and oxygen atoms in total. The summed E-state index contributed by atoms with van der Waals surface area (Å²) >= 11 is 7.54. The van der Waals surface area contributed by atoms with Crippen molar-refractivity contribution < 1.29 is 14.0 Å². The summed E-state index contributed by atoms with van der Waals surface area (Å²) in [5.41, 5.74) is 3.34. The van der Waals surface area contributed by atoms with Crippen molar-refractivity contribution in [2.45, 2.75) is 24.9 Å². The number of amides is 2. The summed E-state index contributed by atoms with van der Waals surface area (Å²) < 4.78 is 13.1. The molecule has 4 rings (SSSR count). The van der Waals surface area contributed by atoms with E-state index in [1.807, 2.05) is 48.2 Å². The molecule has 0 aromatic heterocycles. The van der Waals surface area contributed by atoms with Gasteiger partial charge in [-0.1, -0.05) is 48.0 Å². The molecule has 0 unspecified atom stereocenters. The summed E-state index contributed by atoms with van der Waals surface area (Å²) in [5, 5.41) is 3.49. The smallest absolute Gasteiger partial charge is 0.251 e. The fourth-order valence-electron chi connectivity index (χ4n) is 3.60. The molecule has 0 saturated carbocycles. The minimum atomic E-state index is -0.309. The van der Waals surface area contributed by atoms with Gasteiger partial charge in [0.1, 0.15) is 11.2 Å². The highest BCUT2D eigenvalue weighted by Gasteiger charge is 2.32. The number of nitrogens with zero attached hydrogens (tertiary/aromatic N) is 1. The van der Waals surface area contributed by atoms with Crippen molar-refractivity contribution in [3.63, 3.8) is 0 Å². The van der Waals surface area contributed by atoms with Crippen molar-refractivity contribution in [2.75, 3.05) is 5.75 Å². The SMILES string of the molecule is C[C@@H](NC(=O)c1ccc([C@H]2SCC(=O)N2Cc2ccc(Cl)cc2)cc1)c1ccc(F)cc1. The standard InChI is InChI=1S/C25H22ClFN2O2S/c1-16(18-8-12-22(27)13-9-18)28-24(31)19-4-6-20(7-5-19)25-29(23(30)15-32-25)14-17-2-10-21(26)11-3-17/h2-13,16,25H,14-15H2,1H3,(H,28,31)/t16-,25-/m1/s1. The van der Waals surface area contributed by atoms with Crippen LogP contribution < -0.4 is 5.32 Å². The zero-order valence-electron chi connectivity index (χ0n) is 17.4. The van der Waals surface area contributed by atoms with Crippen LogP contribution in [0.4, 0.5) is 4.39 Å². The van der Waals surface area contributed by atoms with Crippen molar-refractivity contribution in [3.05, 3.63) is 106 Å². The lowest BCUT2D eigenvalue weighted by Crippen LogP contribution is -2.28. The van der Waals surface area contributed by atoms with Crippen molar-refractivity contribution in [1.82, 2.24) is 10.2 Å². The number of carbonyl (C=O) groups excluding carboxylic acids is 2. The number of hydrogen-bond acceptors (Lipinski definition) is 3. The van der Waals surface area contributed by atoms with E-state index >= 15 is 0 Å². The zero-order chi connectivity index (χ0) is 22.7.